The van der Waals surface area contributed by atoms with Crippen molar-refractivity contribution in [3.8, 4) is 0 Å². The summed E-state index contributed by atoms with van der Waals surface area (Å²) in [7, 11) is -2.58. The lowest BCUT2D eigenvalue weighted by atomic mass is 10.00. The lowest BCUT2D eigenvalue weighted by Gasteiger charge is -2.32. The van der Waals surface area contributed by atoms with Crippen LogP contribution in [0.4, 0.5) is 11.5 Å². The number of hydrogen-bond donors (Lipinski definition) is 2. The summed E-state index contributed by atoms with van der Waals surface area (Å²) in [4.78, 5) is 15.7. The highest BCUT2D eigenvalue weighted by Gasteiger charge is 2.18. The van der Waals surface area contributed by atoms with E-state index in [-0.39, 0.29) is 5.91 Å². The summed E-state index contributed by atoms with van der Waals surface area (Å²) in [5.74, 6) is 1.28. The maximum absolute atomic E-state index is 11.3. The molecule has 0 aliphatic carbocycles. The minimum absolute atomic E-state index is 0.386. The molecule has 29 heavy (non-hydrogen) atoms. The third-order valence-electron chi connectivity index (χ3n) is 5.03. The Morgan fingerprint density at radius 2 is 1.86 bits per heavy atom. The van der Waals surface area contributed by atoms with Crippen LogP contribution in [0.25, 0.3) is 0 Å². The Hall–Kier alpha value is -2.61. The van der Waals surface area contributed by atoms with E-state index in [1.54, 1.807) is 6.07 Å². The van der Waals surface area contributed by atoms with Crippen LogP contribution < -0.4 is 16.2 Å². The van der Waals surface area contributed by atoms with Crippen molar-refractivity contribution in [1.29, 1.82) is 0 Å². The van der Waals surface area contributed by atoms with Crippen LogP contribution in [-0.2, 0) is 16.3 Å². The number of aryl methyl sites for hydroxylation is 2. The molecule has 0 radical (unpaired) electrons. The molecular formula is C21H28N4O3S. The first-order valence-electron chi connectivity index (χ1n) is 9.95. The van der Waals surface area contributed by atoms with Crippen LogP contribution in [0.2, 0.25) is 0 Å². The average Bonchev–Trinajstić information content (AvgIpc) is 2.68. The van der Waals surface area contributed by atoms with Gasteiger partial charge in [0.15, 0.2) is 0 Å². The highest BCUT2D eigenvalue weighted by molar-refractivity contribution is 7.91. The molecule has 0 unspecified atom stereocenters. The number of nitrogens with one attached hydrogen (secondary N) is 1. The number of fused-ring (bicyclic) bond motifs is 1. The molecule has 156 valence electrons. The minimum atomic E-state index is -2.58. The highest BCUT2D eigenvalue weighted by Crippen LogP contribution is 2.28. The summed E-state index contributed by atoms with van der Waals surface area (Å²) >= 11 is 0. The molecule has 4 rings (SSSR count). The van der Waals surface area contributed by atoms with Gasteiger partial charge in [-0.2, -0.15) is 0 Å². The number of carbonyl (C=O) groups excluding carboxylic acids is 1. The number of nitrogens with zero attached hydrogens (tertiary/aromatic N) is 2. The summed E-state index contributed by atoms with van der Waals surface area (Å²) in [6, 6.07) is 11.5. The second kappa shape index (κ2) is 9.26. The maximum atomic E-state index is 11.3. The lowest BCUT2D eigenvalue weighted by molar-refractivity contribution is 0.1000. The molecule has 7 nitrogen and oxygen atoms in total. The van der Waals surface area contributed by atoms with Crippen LogP contribution in [-0.4, -0.2) is 37.4 Å². The number of anilines is 2. The van der Waals surface area contributed by atoms with E-state index in [4.69, 9.17) is 5.73 Å². The number of aromatic nitrogens is 1. The number of hydrazine groups is 1. The lowest BCUT2D eigenvalue weighted by Crippen LogP contribution is -2.35. The number of rotatable bonds is 3. The normalized spacial score (nSPS) is 17.5. The van der Waals surface area contributed by atoms with Gasteiger partial charge in [0.25, 0.3) is 0 Å². The van der Waals surface area contributed by atoms with Gasteiger partial charge < -0.3 is 5.73 Å². The Morgan fingerprint density at radius 3 is 2.48 bits per heavy atom. The van der Waals surface area contributed by atoms with Crippen molar-refractivity contribution in [3.05, 3.63) is 53.2 Å². The summed E-state index contributed by atoms with van der Waals surface area (Å²) in [5.41, 5.74) is 12.4. The van der Waals surface area contributed by atoms with Crippen LogP contribution in [0.15, 0.2) is 36.4 Å². The smallest absolute Gasteiger partial charge is 0.248 e. The number of amides is 1. The van der Waals surface area contributed by atoms with Crippen LogP contribution in [0.3, 0.4) is 0 Å². The Balaban J connectivity index is 0.000000252. The van der Waals surface area contributed by atoms with Gasteiger partial charge in [-0.1, -0.05) is 12.5 Å². The fraction of sp³-hybridized carbons (Fsp3) is 0.429. The van der Waals surface area contributed by atoms with E-state index in [0.29, 0.717) is 17.1 Å². The summed E-state index contributed by atoms with van der Waals surface area (Å²) in [6.07, 6.45) is 4.83. The van der Waals surface area contributed by atoms with Crippen molar-refractivity contribution in [2.45, 2.75) is 39.0 Å². The molecule has 2 aliphatic heterocycles. The highest BCUT2D eigenvalue weighted by atomic mass is 32.2. The van der Waals surface area contributed by atoms with E-state index in [9.17, 15) is 13.2 Å². The van der Waals surface area contributed by atoms with Gasteiger partial charge >= 0.3 is 0 Å². The number of benzene rings is 1. The molecule has 3 N–H and O–H groups in total. The Kier molecular flexibility index (Phi) is 6.74. The molecule has 1 amide bonds. The molecule has 0 spiro atoms. The predicted molar refractivity (Wildman–Crippen MR) is 116 cm³/mol. The van der Waals surface area contributed by atoms with Crippen molar-refractivity contribution < 1.29 is 13.2 Å². The first kappa shape index (κ1) is 21.1. The SMILES string of the molecule is Cc1cccc(NN2CCCc3cc(C(N)=O)ccc32)n1.O=S1(=O)CCCCC1. The van der Waals surface area contributed by atoms with Gasteiger partial charge in [-0.05, 0) is 68.5 Å². The van der Waals surface area contributed by atoms with Gasteiger partial charge in [0.2, 0.25) is 5.91 Å². The van der Waals surface area contributed by atoms with Crippen molar-refractivity contribution in [1.82, 2.24) is 4.98 Å². The number of hydrogen-bond acceptors (Lipinski definition) is 6. The van der Waals surface area contributed by atoms with Gasteiger partial charge in [0, 0.05) is 17.8 Å². The average molecular weight is 417 g/mol. The second-order valence-corrected chi connectivity index (χ2v) is 9.76. The van der Waals surface area contributed by atoms with E-state index in [1.807, 2.05) is 37.3 Å². The van der Waals surface area contributed by atoms with Crippen LogP contribution in [0.5, 0.6) is 0 Å². The quantitative estimate of drug-likeness (QED) is 0.797. The third-order valence-corrected chi connectivity index (χ3v) is 6.85. The predicted octanol–water partition coefficient (Wildman–Crippen LogP) is 2.85. The van der Waals surface area contributed by atoms with Crippen molar-refractivity contribution >= 4 is 27.2 Å². The third kappa shape index (κ3) is 5.93. The van der Waals surface area contributed by atoms with Crippen molar-refractivity contribution in [3.63, 3.8) is 0 Å². The van der Waals surface area contributed by atoms with E-state index in [2.05, 4.69) is 15.4 Å². The number of primary amides is 1. The molecule has 0 bridgehead atoms. The van der Waals surface area contributed by atoms with Crippen LogP contribution in [0.1, 0.15) is 47.3 Å². The number of pyridine rings is 1. The molecule has 2 aliphatic rings. The minimum Gasteiger partial charge on any atom is -0.366 e. The molecule has 2 aromatic rings. The van der Waals surface area contributed by atoms with Crippen LogP contribution in [0, 0.1) is 6.92 Å². The zero-order valence-corrected chi connectivity index (χ0v) is 17.5. The molecule has 1 aromatic heterocycles. The number of nitrogens with two attached hydrogens (primary N) is 1. The number of sulfone groups is 1. The summed E-state index contributed by atoms with van der Waals surface area (Å²) < 4.78 is 21.3. The number of carbonyl (C=O) groups is 1. The summed E-state index contributed by atoms with van der Waals surface area (Å²) in [5, 5.41) is 2.07. The molecular weight excluding hydrogens is 388 g/mol. The first-order valence-corrected chi connectivity index (χ1v) is 11.8. The topological polar surface area (TPSA) is 105 Å². The maximum Gasteiger partial charge on any atom is 0.248 e. The zero-order valence-electron chi connectivity index (χ0n) is 16.7. The Bertz CT molecular complexity index is 964. The standard InChI is InChI=1S/C16H18N4O.C5H10O2S/c1-11-4-2-6-15(18-11)19-20-9-3-5-12-10-13(16(17)21)7-8-14(12)20;6-8(7)4-2-1-3-5-8/h2,4,6-8,10H,3,5,9H2,1H3,(H2,17,21)(H,18,19);1-5H2. The van der Waals surface area contributed by atoms with Gasteiger partial charge in [0.1, 0.15) is 15.7 Å². The largest absolute Gasteiger partial charge is 0.366 e. The molecule has 3 heterocycles. The van der Waals surface area contributed by atoms with Crippen LogP contribution >= 0.6 is 0 Å². The fourth-order valence-corrected chi connectivity index (χ4v) is 5.02. The molecule has 0 saturated carbocycles. The van der Waals surface area contributed by atoms with Gasteiger partial charge in [0.05, 0.1) is 17.2 Å². The Morgan fingerprint density at radius 1 is 1.10 bits per heavy atom. The fourth-order valence-electron chi connectivity index (χ4n) is 3.53. The zero-order chi connectivity index (χ0) is 20.9. The van der Waals surface area contributed by atoms with E-state index in [0.717, 1.165) is 61.4 Å². The van der Waals surface area contributed by atoms with E-state index >= 15 is 0 Å². The molecule has 0 atom stereocenters. The summed E-state index contributed by atoms with van der Waals surface area (Å²) in [6.45, 7) is 2.87. The van der Waals surface area contributed by atoms with Gasteiger partial charge in [-0.15, -0.1) is 0 Å². The van der Waals surface area contributed by atoms with Crippen molar-refractivity contribution in [2.75, 3.05) is 28.5 Å². The molecule has 1 fully saturated rings. The van der Waals surface area contributed by atoms with Crippen molar-refractivity contribution in [2.24, 2.45) is 5.73 Å². The second-order valence-electron chi connectivity index (χ2n) is 7.45. The monoisotopic (exact) mass is 416 g/mol. The van der Waals surface area contributed by atoms with E-state index in [1.165, 1.54) is 0 Å². The Labute approximate surface area is 172 Å². The molecule has 1 aromatic carbocycles. The van der Waals surface area contributed by atoms with Gasteiger partial charge in [-0.25, -0.2) is 13.4 Å². The first-order chi connectivity index (χ1) is 13.8. The molecule has 1 saturated heterocycles. The molecule has 8 heteroatoms. The van der Waals surface area contributed by atoms with E-state index < -0.39 is 9.84 Å². The van der Waals surface area contributed by atoms with Gasteiger partial charge in [-0.3, -0.25) is 15.2 Å².